The second-order valence-corrected chi connectivity index (χ2v) is 15.0. The zero-order valence-corrected chi connectivity index (χ0v) is 31.8. The fourth-order valence-electron chi connectivity index (χ4n) is 6.88. The second-order valence-electron chi connectivity index (χ2n) is 15.0. The lowest BCUT2D eigenvalue weighted by Gasteiger charge is -2.30. The van der Waals surface area contributed by atoms with Crippen LogP contribution >= 0.6 is 0 Å². The lowest BCUT2D eigenvalue weighted by molar-refractivity contribution is -0.150. The van der Waals surface area contributed by atoms with Crippen molar-refractivity contribution in [2.75, 3.05) is 13.2 Å². The van der Waals surface area contributed by atoms with Crippen molar-refractivity contribution in [2.24, 2.45) is 5.92 Å². The number of hydrogen-bond donors (Lipinski definition) is 2. The molecule has 1 saturated heterocycles. The molecular formula is C41H53N7O6. The molecule has 1 aromatic heterocycles. The molecule has 1 aliphatic carbocycles. The molecule has 288 valence electrons. The number of aromatic nitrogens is 4. The second kappa shape index (κ2) is 17.7. The van der Waals surface area contributed by atoms with Crippen LogP contribution in [0.15, 0.2) is 79.9 Å². The van der Waals surface area contributed by atoms with Crippen LogP contribution in [0.4, 0.5) is 4.79 Å². The maximum Gasteiger partial charge on any atom is 0.408 e. The minimum absolute atomic E-state index is 0.106. The van der Waals surface area contributed by atoms with Gasteiger partial charge in [-0.2, -0.15) is 4.80 Å². The van der Waals surface area contributed by atoms with Crippen molar-refractivity contribution in [1.82, 2.24) is 35.7 Å². The summed E-state index contributed by atoms with van der Waals surface area (Å²) in [5.74, 6) is -1.83. The van der Waals surface area contributed by atoms with Crippen molar-refractivity contribution in [1.29, 1.82) is 0 Å². The van der Waals surface area contributed by atoms with E-state index in [0.717, 1.165) is 36.0 Å². The lowest BCUT2D eigenvalue weighted by atomic mass is 10.0. The summed E-state index contributed by atoms with van der Waals surface area (Å²) in [6.07, 6.45) is 6.84. The Hall–Kier alpha value is -5.33. The minimum Gasteiger partial charge on any atom is -0.464 e. The molecule has 0 spiro atoms. The highest BCUT2D eigenvalue weighted by molar-refractivity contribution is 5.96. The zero-order chi connectivity index (χ0) is 38.9. The topological polar surface area (TPSA) is 158 Å². The van der Waals surface area contributed by atoms with Crippen molar-refractivity contribution in [3.8, 4) is 11.1 Å². The first-order chi connectivity index (χ1) is 25.9. The van der Waals surface area contributed by atoms with Gasteiger partial charge >= 0.3 is 12.1 Å². The van der Waals surface area contributed by atoms with Crippen molar-refractivity contribution in [3.63, 3.8) is 0 Å². The number of carbonyl (C=O) groups is 4. The average Bonchev–Trinajstić information content (AvgIpc) is 3.42. The predicted octanol–water partition coefficient (Wildman–Crippen LogP) is 5.73. The molecule has 2 N–H and O–H groups in total. The number of alkyl carbamates (subject to hydrolysis) is 1. The highest BCUT2D eigenvalue weighted by Crippen LogP contribution is 2.46. The number of likely N-dealkylation sites (tertiary alicyclic amines) is 1. The summed E-state index contributed by atoms with van der Waals surface area (Å²) in [6, 6.07) is 16.3. The van der Waals surface area contributed by atoms with Crippen molar-refractivity contribution in [3.05, 3.63) is 91.3 Å². The van der Waals surface area contributed by atoms with Crippen LogP contribution in [0, 0.1) is 5.92 Å². The number of nitrogens with one attached hydrogen (secondary N) is 2. The van der Waals surface area contributed by atoms with Crippen molar-refractivity contribution < 1.29 is 28.7 Å². The Bertz CT molecular complexity index is 1790. The van der Waals surface area contributed by atoms with Gasteiger partial charge in [-0.15, -0.1) is 23.4 Å². The summed E-state index contributed by atoms with van der Waals surface area (Å²) in [5.41, 5.74) is 1.16. The third kappa shape index (κ3) is 10.00. The first-order valence-corrected chi connectivity index (χ1v) is 18.8. The van der Waals surface area contributed by atoms with E-state index in [4.69, 9.17) is 9.47 Å². The molecule has 3 amide bonds. The van der Waals surface area contributed by atoms with Crippen LogP contribution in [0.5, 0.6) is 0 Å². The Kier molecular flexibility index (Phi) is 13.0. The van der Waals surface area contributed by atoms with E-state index in [0.29, 0.717) is 31.6 Å². The van der Waals surface area contributed by atoms with Gasteiger partial charge in [0.15, 0.2) is 5.82 Å². The van der Waals surface area contributed by atoms with E-state index in [-0.39, 0.29) is 25.5 Å². The van der Waals surface area contributed by atoms with Gasteiger partial charge in [-0.1, -0.05) is 79.6 Å². The fourth-order valence-corrected chi connectivity index (χ4v) is 6.88. The van der Waals surface area contributed by atoms with Crippen LogP contribution in [0.3, 0.4) is 0 Å². The number of tetrazole rings is 1. The molecule has 13 heteroatoms. The number of carbonyl (C=O) groups excluding carboxylic acids is 4. The number of benzene rings is 2. The number of unbranched alkanes of at least 4 members (excludes halogenated alkanes) is 3. The Labute approximate surface area is 317 Å². The summed E-state index contributed by atoms with van der Waals surface area (Å²) in [7, 11) is 0. The van der Waals surface area contributed by atoms with Crippen LogP contribution in [0.1, 0.15) is 89.9 Å². The molecule has 0 bridgehead atoms. The van der Waals surface area contributed by atoms with Gasteiger partial charge in [0.25, 0.3) is 0 Å². The number of hydrogen-bond acceptors (Lipinski definition) is 9. The van der Waals surface area contributed by atoms with E-state index in [1.165, 1.54) is 9.70 Å². The van der Waals surface area contributed by atoms with Gasteiger partial charge in [-0.25, -0.2) is 9.59 Å². The number of allylic oxidation sites excluding steroid dienone is 1. The first-order valence-electron chi connectivity index (χ1n) is 18.8. The smallest absolute Gasteiger partial charge is 0.408 e. The van der Waals surface area contributed by atoms with Crippen LogP contribution in [0.2, 0.25) is 0 Å². The molecule has 0 unspecified atom stereocenters. The standard InChI is InChI=1S/C41H53N7O6/c1-7-10-11-12-16-19-33(42-39(52)54-40(4,5)6)37(50)47-27-31(24-34(47)36(49)43-41(25-32(41)8-2)38(51)53-9-3)35-44-46-48(45-35)26-28-20-22-30(23-21-28)29-17-14-13-15-18-29/h7-8,13-15,17-18,20-23,31-34H,1-2,9-12,16,19,24-27H2,3-6H3,(H,42,52)(H,43,49)/t31-,32-,33+,34+,41-/m1/s1. The Balaban J connectivity index is 1.37. The molecule has 5 atom stereocenters. The normalized spacial score (nSPS) is 21.1. The quantitative estimate of drug-likeness (QED) is 0.100. The molecular weight excluding hydrogens is 686 g/mol. The van der Waals surface area contributed by atoms with Crippen LogP contribution in [-0.2, 0) is 30.4 Å². The summed E-state index contributed by atoms with van der Waals surface area (Å²) >= 11 is 0. The highest BCUT2D eigenvalue weighted by Gasteiger charge is 2.62. The zero-order valence-electron chi connectivity index (χ0n) is 31.8. The summed E-state index contributed by atoms with van der Waals surface area (Å²) in [5, 5.41) is 19.0. The molecule has 3 aromatic rings. The Morgan fingerprint density at radius 1 is 1.02 bits per heavy atom. The minimum atomic E-state index is -1.25. The van der Waals surface area contributed by atoms with E-state index in [9.17, 15) is 19.2 Å². The van der Waals surface area contributed by atoms with Crippen molar-refractivity contribution in [2.45, 2.75) is 108 Å². The van der Waals surface area contributed by atoms with E-state index < -0.39 is 53.0 Å². The maximum absolute atomic E-state index is 14.5. The molecule has 13 nitrogen and oxygen atoms in total. The van der Waals surface area contributed by atoms with E-state index in [1.807, 2.05) is 48.5 Å². The number of ether oxygens (including phenoxy) is 2. The molecule has 1 aliphatic heterocycles. The maximum atomic E-state index is 14.5. The van der Waals surface area contributed by atoms with Gasteiger partial charge in [0.2, 0.25) is 11.8 Å². The molecule has 2 heterocycles. The van der Waals surface area contributed by atoms with Gasteiger partial charge in [0.1, 0.15) is 23.2 Å². The number of nitrogens with zero attached hydrogens (tertiary/aromatic N) is 5. The number of esters is 1. The molecule has 1 saturated carbocycles. The first kappa shape index (κ1) is 39.9. The largest absolute Gasteiger partial charge is 0.464 e. The van der Waals surface area contributed by atoms with Gasteiger partial charge in [0.05, 0.1) is 13.2 Å². The van der Waals surface area contributed by atoms with Gasteiger partial charge < -0.3 is 25.0 Å². The predicted molar refractivity (Wildman–Crippen MR) is 204 cm³/mol. The van der Waals surface area contributed by atoms with E-state index in [2.05, 4.69) is 51.3 Å². The molecule has 0 radical (unpaired) electrons. The summed E-state index contributed by atoms with van der Waals surface area (Å²) in [6.45, 7) is 15.2. The average molecular weight is 740 g/mol. The van der Waals surface area contributed by atoms with Crippen LogP contribution in [0.25, 0.3) is 11.1 Å². The van der Waals surface area contributed by atoms with E-state index in [1.54, 1.807) is 33.8 Å². The van der Waals surface area contributed by atoms with Gasteiger partial charge in [-0.05, 0) is 81.7 Å². The lowest BCUT2D eigenvalue weighted by Crippen LogP contribution is -2.56. The summed E-state index contributed by atoms with van der Waals surface area (Å²) < 4.78 is 10.8. The monoisotopic (exact) mass is 739 g/mol. The van der Waals surface area contributed by atoms with Crippen molar-refractivity contribution >= 4 is 23.9 Å². The third-order valence-electron chi connectivity index (χ3n) is 9.78. The molecule has 2 aliphatic rings. The van der Waals surface area contributed by atoms with Gasteiger partial charge in [0, 0.05) is 18.4 Å². The third-order valence-corrected chi connectivity index (χ3v) is 9.78. The molecule has 2 aromatic carbocycles. The summed E-state index contributed by atoms with van der Waals surface area (Å²) in [4.78, 5) is 57.7. The Morgan fingerprint density at radius 2 is 1.74 bits per heavy atom. The number of amides is 3. The van der Waals surface area contributed by atoms with E-state index >= 15 is 0 Å². The molecule has 54 heavy (non-hydrogen) atoms. The highest BCUT2D eigenvalue weighted by atomic mass is 16.6. The molecule has 2 fully saturated rings. The fraction of sp³-hybridized carbons (Fsp3) is 0.488. The van der Waals surface area contributed by atoms with Crippen LogP contribution < -0.4 is 10.6 Å². The molecule has 5 rings (SSSR count). The van der Waals surface area contributed by atoms with Crippen LogP contribution in [-0.4, -0.2) is 85.4 Å². The SMILES string of the molecule is C=CCCCCC[C@H](NC(=O)OC(C)(C)C)C(=O)N1C[C@H](c2nnn(Cc3ccc(-c4ccccc4)cc3)n2)C[C@H]1C(=O)N[C@]1(C(=O)OCC)C[C@H]1C=C. The number of rotatable bonds is 17. The van der Waals surface area contributed by atoms with Gasteiger partial charge in [-0.3, -0.25) is 9.59 Å². The Morgan fingerprint density at radius 3 is 2.39 bits per heavy atom.